The fraction of sp³-hybridized carbons (Fsp3) is 0.143. The van der Waals surface area contributed by atoms with Crippen LogP contribution in [0.1, 0.15) is 5.56 Å². The largest absolute Gasteiger partial charge is 0.398 e. The molecule has 0 heterocycles. The highest BCUT2D eigenvalue weighted by atomic mass is 35.5. The molecular formula is C14H15ClN2O2S. The van der Waals surface area contributed by atoms with E-state index in [2.05, 4.69) is 0 Å². The van der Waals surface area contributed by atoms with Gasteiger partial charge in [-0.1, -0.05) is 35.9 Å². The molecule has 0 unspecified atom stereocenters. The molecule has 0 saturated carbocycles. The third-order valence-corrected chi connectivity index (χ3v) is 5.06. The molecule has 0 fully saturated rings. The summed E-state index contributed by atoms with van der Waals surface area (Å²) in [5.41, 5.74) is 6.84. The van der Waals surface area contributed by atoms with Crippen molar-refractivity contribution in [3.8, 4) is 0 Å². The number of hydrogen-bond acceptors (Lipinski definition) is 3. The fourth-order valence-corrected chi connectivity index (χ4v) is 3.21. The monoisotopic (exact) mass is 310 g/mol. The van der Waals surface area contributed by atoms with Gasteiger partial charge in [-0.15, -0.1) is 0 Å². The van der Waals surface area contributed by atoms with E-state index in [-0.39, 0.29) is 17.1 Å². The van der Waals surface area contributed by atoms with Crippen LogP contribution in [-0.2, 0) is 16.6 Å². The zero-order valence-electron chi connectivity index (χ0n) is 11.0. The molecule has 6 heteroatoms. The van der Waals surface area contributed by atoms with E-state index in [1.54, 1.807) is 42.5 Å². The van der Waals surface area contributed by atoms with Crippen LogP contribution < -0.4 is 5.73 Å². The fourth-order valence-electron chi connectivity index (χ4n) is 1.82. The lowest BCUT2D eigenvalue weighted by atomic mass is 10.2. The molecule has 2 aromatic carbocycles. The Morgan fingerprint density at radius 1 is 1.10 bits per heavy atom. The molecule has 0 saturated heterocycles. The number of halogens is 1. The van der Waals surface area contributed by atoms with Crippen molar-refractivity contribution < 1.29 is 8.42 Å². The maximum absolute atomic E-state index is 12.4. The van der Waals surface area contributed by atoms with Crippen LogP contribution in [0.25, 0.3) is 0 Å². The van der Waals surface area contributed by atoms with E-state index in [1.165, 1.54) is 17.4 Å². The van der Waals surface area contributed by atoms with E-state index in [1.807, 2.05) is 0 Å². The number of hydrogen-bond donors (Lipinski definition) is 1. The quantitative estimate of drug-likeness (QED) is 0.883. The molecular weight excluding hydrogens is 296 g/mol. The van der Waals surface area contributed by atoms with Crippen molar-refractivity contribution in [2.75, 3.05) is 12.8 Å². The lowest BCUT2D eigenvalue weighted by molar-refractivity contribution is 0.467. The maximum atomic E-state index is 12.4. The summed E-state index contributed by atoms with van der Waals surface area (Å²) >= 11 is 5.81. The van der Waals surface area contributed by atoms with E-state index in [0.29, 0.717) is 5.02 Å². The van der Waals surface area contributed by atoms with Crippen LogP contribution in [0, 0.1) is 0 Å². The van der Waals surface area contributed by atoms with Crippen LogP contribution in [0.2, 0.25) is 5.02 Å². The third-order valence-electron chi connectivity index (χ3n) is 2.93. The van der Waals surface area contributed by atoms with Crippen LogP contribution >= 0.6 is 11.6 Å². The molecule has 0 atom stereocenters. The molecule has 0 aliphatic heterocycles. The number of para-hydroxylation sites is 1. The molecule has 0 aliphatic rings. The van der Waals surface area contributed by atoms with E-state index in [9.17, 15) is 8.42 Å². The molecule has 0 aromatic heterocycles. The van der Waals surface area contributed by atoms with Gasteiger partial charge in [-0.25, -0.2) is 8.42 Å². The molecule has 0 bridgehead atoms. The second-order valence-electron chi connectivity index (χ2n) is 4.43. The van der Waals surface area contributed by atoms with Gasteiger partial charge in [0, 0.05) is 18.6 Å². The minimum Gasteiger partial charge on any atom is -0.398 e. The molecule has 0 spiro atoms. The van der Waals surface area contributed by atoms with Gasteiger partial charge in [-0.3, -0.25) is 0 Å². The van der Waals surface area contributed by atoms with Gasteiger partial charge in [0.15, 0.2) is 0 Å². The van der Waals surface area contributed by atoms with Gasteiger partial charge < -0.3 is 5.73 Å². The first-order valence-electron chi connectivity index (χ1n) is 5.96. The predicted molar refractivity (Wildman–Crippen MR) is 81.0 cm³/mol. The summed E-state index contributed by atoms with van der Waals surface area (Å²) in [4.78, 5) is 0.122. The number of nitrogen functional groups attached to an aromatic ring is 1. The SMILES string of the molecule is CN(Cc1ccc(Cl)cc1)S(=O)(=O)c1ccccc1N. The van der Waals surface area contributed by atoms with Gasteiger partial charge in [-0.2, -0.15) is 4.31 Å². The molecule has 2 N–H and O–H groups in total. The Kier molecular flexibility index (Phi) is 4.32. The highest BCUT2D eigenvalue weighted by Gasteiger charge is 2.22. The van der Waals surface area contributed by atoms with Crippen LogP contribution in [0.5, 0.6) is 0 Å². The Labute approximate surface area is 123 Å². The Balaban J connectivity index is 2.26. The Morgan fingerprint density at radius 3 is 2.30 bits per heavy atom. The standard InChI is InChI=1S/C14H15ClN2O2S/c1-17(10-11-6-8-12(15)9-7-11)20(18,19)14-5-3-2-4-13(14)16/h2-9H,10,16H2,1H3. The summed E-state index contributed by atoms with van der Waals surface area (Å²) in [6, 6.07) is 13.5. The minimum absolute atomic E-state index is 0.122. The molecule has 0 radical (unpaired) electrons. The summed E-state index contributed by atoms with van der Waals surface area (Å²) in [6.45, 7) is 0.258. The average molecular weight is 311 g/mol. The lowest BCUT2D eigenvalue weighted by Crippen LogP contribution is -2.27. The summed E-state index contributed by atoms with van der Waals surface area (Å²) in [7, 11) is -2.08. The first-order valence-corrected chi connectivity index (χ1v) is 7.78. The van der Waals surface area contributed by atoms with Gasteiger partial charge in [0.2, 0.25) is 10.0 Å². The second-order valence-corrected chi connectivity index (χ2v) is 6.88. The summed E-state index contributed by atoms with van der Waals surface area (Å²) in [6.07, 6.45) is 0. The van der Waals surface area contributed by atoms with E-state index in [0.717, 1.165) is 5.56 Å². The van der Waals surface area contributed by atoms with Crippen molar-refractivity contribution in [2.24, 2.45) is 0 Å². The highest BCUT2D eigenvalue weighted by molar-refractivity contribution is 7.89. The summed E-state index contributed by atoms with van der Waals surface area (Å²) in [5.74, 6) is 0. The molecule has 2 aromatic rings. The third kappa shape index (κ3) is 3.12. The Morgan fingerprint density at radius 2 is 1.70 bits per heavy atom. The van der Waals surface area contributed by atoms with Crippen molar-refractivity contribution in [3.05, 3.63) is 59.1 Å². The van der Waals surface area contributed by atoms with E-state index < -0.39 is 10.0 Å². The van der Waals surface area contributed by atoms with Crippen LogP contribution in [0.4, 0.5) is 5.69 Å². The average Bonchev–Trinajstić information content (AvgIpc) is 2.41. The maximum Gasteiger partial charge on any atom is 0.245 e. The van der Waals surface area contributed by atoms with Gasteiger partial charge in [0.25, 0.3) is 0 Å². The number of rotatable bonds is 4. The van der Waals surface area contributed by atoms with Crippen LogP contribution in [0.15, 0.2) is 53.4 Å². The van der Waals surface area contributed by atoms with Crippen molar-refractivity contribution >= 4 is 27.3 Å². The smallest absolute Gasteiger partial charge is 0.245 e. The van der Waals surface area contributed by atoms with Crippen molar-refractivity contribution in [1.82, 2.24) is 4.31 Å². The van der Waals surface area contributed by atoms with Crippen molar-refractivity contribution in [1.29, 1.82) is 0 Å². The topological polar surface area (TPSA) is 63.4 Å². The van der Waals surface area contributed by atoms with Crippen molar-refractivity contribution in [3.63, 3.8) is 0 Å². The van der Waals surface area contributed by atoms with Gasteiger partial charge in [0.05, 0.1) is 5.69 Å². The molecule has 0 aliphatic carbocycles. The predicted octanol–water partition coefficient (Wildman–Crippen LogP) is 2.74. The molecule has 106 valence electrons. The van der Waals surface area contributed by atoms with Gasteiger partial charge >= 0.3 is 0 Å². The number of nitrogens with two attached hydrogens (primary N) is 1. The number of nitrogens with zero attached hydrogens (tertiary/aromatic N) is 1. The number of anilines is 1. The molecule has 0 amide bonds. The first-order chi connectivity index (χ1) is 9.41. The molecule has 20 heavy (non-hydrogen) atoms. The minimum atomic E-state index is -3.60. The van der Waals surface area contributed by atoms with E-state index >= 15 is 0 Å². The Bertz CT molecular complexity index is 699. The van der Waals surface area contributed by atoms with Crippen LogP contribution in [0.3, 0.4) is 0 Å². The summed E-state index contributed by atoms with van der Waals surface area (Å²) in [5, 5.41) is 0.617. The Hall–Kier alpha value is -1.56. The summed E-state index contributed by atoms with van der Waals surface area (Å²) < 4.78 is 26.2. The van der Waals surface area contributed by atoms with Gasteiger partial charge in [0.1, 0.15) is 4.90 Å². The lowest BCUT2D eigenvalue weighted by Gasteiger charge is -2.18. The first kappa shape index (κ1) is 14.8. The van der Waals surface area contributed by atoms with Crippen molar-refractivity contribution in [2.45, 2.75) is 11.4 Å². The zero-order valence-corrected chi connectivity index (χ0v) is 12.5. The molecule has 4 nitrogen and oxygen atoms in total. The van der Waals surface area contributed by atoms with E-state index in [4.69, 9.17) is 17.3 Å². The molecule has 2 rings (SSSR count). The number of sulfonamides is 1. The normalized spacial score (nSPS) is 11.8. The van der Waals surface area contributed by atoms with Gasteiger partial charge in [-0.05, 0) is 29.8 Å². The second kappa shape index (κ2) is 5.83. The number of benzene rings is 2. The van der Waals surface area contributed by atoms with Crippen LogP contribution in [-0.4, -0.2) is 19.8 Å². The zero-order chi connectivity index (χ0) is 14.8. The highest BCUT2D eigenvalue weighted by Crippen LogP contribution is 2.22.